The van der Waals surface area contributed by atoms with E-state index in [2.05, 4.69) is 37.1 Å². The number of halogens is 3. The van der Waals surface area contributed by atoms with Gasteiger partial charge in [-0.3, -0.25) is 0 Å². The second-order valence-electron chi connectivity index (χ2n) is 3.43. The molecule has 3 heterocycles. The van der Waals surface area contributed by atoms with Crippen molar-refractivity contribution in [1.29, 1.82) is 0 Å². The number of nitrogens with zero attached hydrogens (tertiary/aromatic N) is 3. The predicted octanol–water partition coefficient (Wildman–Crippen LogP) is 3.02. The Kier molecular flexibility index (Phi) is 3.79. The number of imidazole rings is 1. The third kappa shape index (κ3) is 2.36. The second-order valence-corrected chi connectivity index (χ2v) is 4.92. The Bertz CT molecular complexity index is 558. The summed E-state index contributed by atoms with van der Waals surface area (Å²) in [4.78, 5) is 8.54. The highest BCUT2D eigenvalue weighted by Crippen LogP contribution is 2.32. The summed E-state index contributed by atoms with van der Waals surface area (Å²) in [5.41, 5.74) is 0.893. The first-order chi connectivity index (χ1) is 7.74. The number of hydrogen-bond acceptors (Lipinski definition) is 3. The van der Waals surface area contributed by atoms with Crippen molar-refractivity contribution in [2.24, 2.45) is 0 Å². The van der Waals surface area contributed by atoms with Crippen LogP contribution in [-0.2, 0) is 6.54 Å². The molecule has 90 valence electrons. The molecule has 1 aliphatic rings. The van der Waals surface area contributed by atoms with Crippen LogP contribution in [0.2, 0.25) is 5.15 Å². The van der Waals surface area contributed by atoms with E-state index in [-0.39, 0.29) is 12.4 Å². The first-order valence-electron chi connectivity index (χ1n) is 4.75. The molecule has 4 nitrogen and oxygen atoms in total. The van der Waals surface area contributed by atoms with Gasteiger partial charge in [-0.25, -0.2) is 9.97 Å². The van der Waals surface area contributed by atoms with Crippen molar-refractivity contribution in [3.8, 4) is 17.1 Å². The topological polar surface area (TPSA) is 39.9 Å². The zero-order chi connectivity index (χ0) is 11.1. The maximum absolute atomic E-state index is 5.84. The van der Waals surface area contributed by atoms with E-state index in [1.165, 1.54) is 0 Å². The molecule has 0 radical (unpaired) electrons. The predicted molar refractivity (Wildman–Crippen MR) is 75.9 cm³/mol. The molecule has 0 N–H and O–H groups in total. The third-order valence-corrected chi connectivity index (χ3v) is 3.14. The summed E-state index contributed by atoms with van der Waals surface area (Å²) >= 11 is 8.04. The summed E-state index contributed by atoms with van der Waals surface area (Å²) in [6, 6.07) is 1.73. The van der Waals surface area contributed by atoms with E-state index in [0.717, 1.165) is 27.4 Å². The van der Waals surface area contributed by atoms with Gasteiger partial charge in [-0.15, -0.1) is 12.4 Å². The summed E-state index contributed by atoms with van der Waals surface area (Å²) in [6.07, 6.45) is 3.71. The summed E-state index contributed by atoms with van der Waals surface area (Å²) in [5.74, 6) is 1.64. The van der Waals surface area contributed by atoms with E-state index in [1.807, 2.05) is 6.20 Å². The molecule has 3 rings (SSSR count). The van der Waals surface area contributed by atoms with Crippen molar-refractivity contribution >= 4 is 46.6 Å². The Labute approximate surface area is 123 Å². The maximum Gasteiger partial charge on any atom is 0.146 e. The van der Waals surface area contributed by atoms with Gasteiger partial charge in [-0.05, 0) is 22.6 Å². The van der Waals surface area contributed by atoms with Crippen molar-refractivity contribution in [3.05, 3.63) is 27.3 Å². The van der Waals surface area contributed by atoms with Crippen molar-refractivity contribution in [2.45, 2.75) is 6.54 Å². The largest absolute Gasteiger partial charge is 0.491 e. The minimum Gasteiger partial charge on any atom is -0.491 e. The molecule has 0 aliphatic carbocycles. The smallest absolute Gasteiger partial charge is 0.146 e. The molecule has 0 saturated carbocycles. The van der Waals surface area contributed by atoms with Gasteiger partial charge in [0.05, 0.1) is 12.1 Å². The second kappa shape index (κ2) is 4.99. The third-order valence-electron chi connectivity index (χ3n) is 2.41. The van der Waals surface area contributed by atoms with E-state index >= 15 is 0 Å². The first-order valence-corrected chi connectivity index (χ1v) is 6.21. The number of rotatable bonds is 0. The molecule has 0 atom stereocenters. The van der Waals surface area contributed by atoms with Crippen LogP contribution in [0.4, 0.5) is 0 Å². The summed E-state index contributed by atoms with van der Waals surface area (Å²) < 4.78 is 8.66. The van der Waals surface area contributed by atoms with Crippen LogP contribution < -0.4 is 4.74 Å². The van der Waals surface area contributed by atoms with Crippen molar-refractivity contribution < 1.29 is 4.74 Å². The Morgan fingerprint density at radius 2 is 2.29 bits per heavy atom. The number of hydrogen-bond donors (Lipinski definition) is 0. The van der Waals surface area contributed by atoms with Crippen LogP contribution in [0.5, 0.6) is 5.75 Å². The highest BCUT2D eigenvalue weighted by molar-refractivity contribution is 14.1. The Balaban J connectivity index is 0.00000108. The quantitative estimate of drug-likeness (QED) is 0.518. The van der Waals surface area contributed by atoms with Gasteiger partial charge in [0.2, 0.25) is 0 Å². The van der Waals surface area contributed by atoms with Crippen molar-refractivity contribution in [2.75, 3.05) is 6.61 Å². The summed E-state index contributed by atoms with van der Waals surface area (Å²) in [7, 11) is 0. The van der Waals surface area contributed by atoms with Gasteiger partial charge in [0.15, 0.2) is 0 Å². The molecule has 7 heteroatoms. The molecular formula is C10H8Cl2IN3O. The highest BCUT2D eigenvalue weighted by atomic mass is 127. The maximum atomic E-state index is 5.84. The molecule has 2 aromatic heterocycles. The number of aromatic nitrogens is 3. The zero-order valence-corrected chi connectivity index (χ0v) is 12.3. The number of pyridine rings is 1. The van der Waals surface area contributed by atoms with Gasteiger partial charge in [0.1, 0.15) is 27.0 Å². The van der Waals surface area contributed by atoms with Crippen LogP contribution in [0.15, 0.2) is 18.5 Å². The van der Waals surface area contributed by atoms with E-state index in [0.29, 0.717) is 11.8 Å². The lowest BCUT2D eigenvalue weighted by molar-refractivity contribution is 0.306. The average molecular weight is 384 g/mol. The van der Waals surface area contributed by atoms with Gasteiger partial charge in [-0.2, -0.15) is 0 Å². The first kappa shape index (κ1) is 12.9. The lowest BCUT2D eigenvalue weighted by atomic mass is 10.2. The van der Waals surface area contributed by atoms with Gasteiger partial charge in [-0.1, -0.05) is 11.6 Å². The molecular weight excluding hydrogens is 376 g/mol. The minimum atomic E-state index is 0. The van der Waals surface area contributed by atoms with Gasteiger partial charge < -0.3 is 9.30 Å². The standard InChI is InChI=1S/C10H7ClIN3O.ClH/c11-8-3-7-6(4-13-8)10-14-9(12)5-15(10)1-2-16-7;/h3-5H,1-2H2;1H. The SMILES string of the molecule is Cl.Clc1cc2c(cn1)-c1nc(I)cn1CCO2. The van der Waals surface area contributed by atoms with Gasteiger partial charge >= 0.3 is 0 Å². The molecule has 0 unspecified atom stereocenters. The average Bonchev–Trinajstić information content (AvgIpc) is 2.52. The lowest BCUT2D eigenvalue weighted by Crippen LogP contribution is -2.04. The van der Waals surface area contributed by atoms with Crippen LogP contribution in [0.3, 0.4) is 0 Å². The Hall–Kier alpha value is -0.530. The zero-order valence-electron chi connectivity index (χ0n) is 8.56. The van der Waals surface area contributed by atoms with Crippen molar-refractivity contribution in [3.63, 3.8) is 0 Å². The van der Waals surface area contributed by atoms with Crippen LogP contribution >= 0.6 is 46.6 Å². The molecule has 2 aromatic rings. The highest BCUT2D eigenvalue weighted by Gasteiger charge is 2.18. The molecule has 1 aliphatic heterocycles. The molecule has 17 heavy (non-hydrogen) atoms. The lowest BCUT2D eigenvalue weighted by Gasteiger charge is -2.05. The van der Waals surface area contributed by atoms with E-state index < -0.39 is 0 Å². The van der Waals surface area contributed by atoms with Gasteiger partial charge in [0.25, 0.3) is 0 Å². The van der Waals surface area contributed by atoms with Crippen molar-refractivity contribution in [1.82, 2.24) is 14.5 Å². The molecule has 0 saturated heterocycles. The fourth-order valence-electron chi connectivity index (χ4n) is 1.72. The van der Waals surface area contributed by atoms with E-state index in [4.69, 9.17) is 16.3 Å². The summed E-state index contributed by atoms with van der Waals surface area (Å²) in [6.45, 7) is 1.41. The van der Waals surface area contributed by atoms with Crippen LogP contribution in [0.25, 0.3) is 11.4 Å². The molecule has 0 spiro atoms. The minimum absolute atomic E-state index is 0. The molecule has 0 aromatic carbocycles. The fourth-order valence-corrected chi connectivity index (χ4v) is 2.44. The van der Waals surface area contributed by atoms with E-state index in [1.54, 1.807) is 12.3 Å². The Morgan fingerprint density at radius 1 is 1.47 bits per heavy atom. The van der Waals surface area contributed by atoms with Crippen LogP contribution in [-0.4, -0.2) is 21.1 Å². The summed E-state index contributed by atoms with van der Waals surface area (Å²) in [5, 5.41) is 0.438. The monoisotopic (exact) mass is 383 g/mol. The number of fused-ring (bicyclic) bond motifs is 3. The van der Waals surface area contributed by atoms with Crippen LogP contribution in [0, 0.1) is 3.70 Å². The molecule has 0 bridgehead atoms. The number of ether oxygens (including phenoxy) is 1. The fraction of sp³-hybridized carbons (Fsp3) is 0.200. The molecule has 0 amide bonds. The van der Waals surface area contributed by atoms with Crippen LogP contribution in [0.1, 0.15) is 0 Å². The normalized spacial score (nSPS) is 12.8. The van der Waals surface area contributed by atoms with E-state index in [9.17, 15) is 0 Å². The molecule has 0 fully saturated rings. The Morgan fingerprint density at radius 3 is 3.12 bits per heavy atom. The van der Waals surface area contributed by atoms with Gasteiger partial charge in [0, 0.05) is 18.5 Å².